The molecule has 1 amide bonds. The van der Waals surface area contributed by atoms with Crippen molar-refractivity contribution in [2.75, 3.05) is 7.05 Å². The SMILES string of the molecule is CC(C)=C[C@@H]1[C@@H](C(=O)OCc2coc(Cc3ccccc3)c2)C1(C)C.CNC(=O)Oc1cccc2ccccc12. The third-order valence-electron chi connectivity index (χ3n) is 7.14. The Morgan fingerprint density at radius 3 is 2.38 bits per heavy atom. The molecule has 6 heteroatoms. The molecule has 3 aromatic carbocycles. The average Bonchev–Trinajstić information content (AvgIpc) is 3.23. The van der Waals surface area contributed by atoms with Gasteiger partial charge in [-0.05, 0) is 48.3 Å². The molecule has 6 nitrogen and oxygen atoms in total. The van der Waals surface area contributed by atoms with E-state index in [9.17, 15) is 9.59 Å². The molecule has 1 aliphatic rings. The fourth-order valence-electron chi connectivity index (χ4n) is 4.87. The fourth-order valence-corrected chi connectivity index (χ4v) is 4.87. The van der Waals surface area contributed by atoms with Crippen molar-refractivity contribution in [1.82, 2.24) is 5.32 Å². The van der Waals surface area contributed by atoms with Gasteiger partial charge in [0, 0.05) is 24.4 Å². The van der Waals surface area contributed by atoms with E-state index >= 15 is 0 Å². The smallest absolute Gasteiger partial charge is 0.412 e. The first-order valence-electron chi connectivity index (χ1n) is 13.5. The van der Waals surface area contributed by atoms with E-state index in [4.69, 9.17) is 13.9 Å². The maximum atomic E-state index is 12.4. The van der Waals surface area contributed by atoms with E-state index in [1.165, 1.54) is 18.2 Å². The number of esters is 1. The Kier molecular flexibility index (Phi) is 9.10. The summed E-state index contributed by atoms with van der Waals surface area (Å²) in [5, 5.41) is 4.41. The summed E-state index contributed by atoms with van der Waals surface area (Å²) in [5.74, 6) is 1.58. The highest BCUT2D eigenvalue weighted by molar-refractivity contribution is 5.90. The first-order valence-corrected chi connectivity index (χ1v) is 13.5. The highest BCUT2D eigenvalue weighted by Gasteiger charge is 2.61. The van der Waals surface area contributed by atoms with Crippen LogP contribution in [0.3, 0.4) is 0 Å². The molecule has 0 radical (unpaired) electrons. The van der Waals surface area contributed by atoms with Crippen LogP contribution in [0, 0.1) is 17.3 Å². The summed E-state index contributed by atoms with van der Waals surface area (Å²) >= 11 is 0. The van der Waals surface area contributed by atoms with E-state index in [1.54, 1.807) is 12.3 Å². The number of carbonyl (C=O) groups is 2. The Labute approximate surface area is 236 Å². The van der Waals surface area contributed by atoms with Crippen LogP contribution in [0.2, 0.25) is 0 Å². The van der Waals surface area contributed by atoms with Crippen LogP contribution in [-0.4, -0.2) is 19.1 Å². The van der Waals surface area contributed by atoms with E-state index in [0.29, 0.717) is 5.75 Å². The van der Waals surface area contributed by atoms with Crippen LogP contribution >= 0.6 is 0 Å². The third-order valence-corrected chi connectivity index (χ3v) is 7.14. The van der Waals surface area contributed by atoms with E-state index < -0.39 is 6.09 Å². The molecule has 4 aromatic rings. The minimum absolute atomic E-state index is 0.0107. The number of nitrogens with one attached hydrogen (secondary N) is 1. The van der Waals surface area contributed by atoms with Crippen LogP contribution in [0.1, 0.15) is 44.6 Å². The third kappa shape index (κ3) is 7.20. The van der Waals surface area contributed by atoms with Crippen LogP contribution in [0.5, 0.6) is 5.75 Å². The van der Waals surface area contributed by atoms with Gasteiger partial charge in [-0.3, -0.25) is 4.79 Å². The summed E-state index contributed by atoms with van der Waals surface area (Å²) in [6, 6.07) is 25.5. The number of ether oxygens (including phenoxy) is 2. The molecule has 2 atom stereocenters. The Bertz CT molecular complexity index is 1480. The van der Waals surface area contributed by atoms with Crippen LogP contribution in [-0.2, 0) is 22.6 Å². The van der Waals surface area contributed by atoms with Gasteiger partial charge < -0.3 is 19.2 Å². The van der Waals surface area contributed by atoms with Gasteiger partial charge in [0.25, 0.3) is 0 Å². The van der Waals surface area contributed by atoms with Crippen molar-refractivity contribution in [3.8, 4) is 5.75 Å². The second kappa shape index (κ2) is 12.7. The van der Waals surface area contributed by atoms with Crippen molar-refractivity contribution in [1.29, 1.82) is 0 Å². The van der Waals surface area contributed by atoms with Crippen molar-refractivity contribution < 1.29 is 23.5 Å². The molecule has 208 valence electrons. The molecule has 1 N–H and O–H groups in total. The van der Waals surface area contributed by atoms with Gasteiger partial charge in [0.2, 0.25) is 0 Å². The fraction of sp³-hybridized carbons (Fsp3) is 0.294. The number of allylic oxidation sites excluding steroid dienone is 2. The highest BCUT2D eigenvalue weighted by atomic mass is 16.6. The van der Waals surface area contributed by atoms with E-state index in [1.807, 2.05) is 60.7 Å². The molecule has 5 rings (SSSR count). The van der Waals surface area contributed by atoms with Crippen LogP contribution in [0.15, 0.2) is 101 Å². The zero-order chi connectivity index (χ0) is 28.7. The molecule has 0 unspecified atom stereocenters. The molecule has 1 heterocycles. The highest BCUT2D eigenvalue weighted by Crippen LogP contribution is 2.59. The zero-order valence-corrected chi connectivity index (χ0v) is 23.8. The maximum Gasteiger partial charge on any atom is 0.412 e. The molecule has 40 heavy (non-hydrogen) atoms. The summed E-state index contributed by atoms with van der Waals surface area (Å²) in [6.45, 7) is 8.65. The number of rotatable bonds is 7. The van der Waals surface area contributed by atoms with Gasteiger partial charge in [-0.2, -0.15) is 0 Å². The summed E-state index contributed by atoms with van der Waals surface area (Å²) in [4.78, 5) is 23.5. The molecule has 0 spiro atoms. The standard InChI is InChI=1S/C22H26O3.C12H11NO2/c1-15(2)10-19-20(22(19,3)4)21(23)25-14-17-12-18(24-13-17)11-16-8-6-5-7-9-16;1-13-12(14)15-11-8-4-6-9-5-2-3-7-10(9)11/h5-10,12-13,19-20H,11,14H2,1-4H3;2-8H,1H3,(H,13,14)/t19-,20+;/m1./s1. The Balaban J connectivity index is 0.000000210. The van der Waals surface area contributed by atoms with Crippen molar-refractivity contribution in [3.05, 3.63) is 114 Å². The number of carbonyl (C=O) groups excluding carboxylic acids is 2. The lowest BCUT2D eigenvalue weighted by Crippen LogP contribution is -2.22. The van der Waals surface area contributed by atoms with Crippen LogP contribution < -0.4 is 10.1 Å². The van der Waals surface area contributed by atoms with Gasteiger partial charge in [-0.1, -0.05) is 92.2 Å². The lowest BCUT2D eigenvalue weighted by Gasteiger charge is -2.06. The molecule has 0 aliphatic heterocycles. The molecule has 1 saturated carbocycles. The monoisotopic (exact) mass is 539 g/mol. The zero-order valence-electron chi connectivity index (χ0n) is 23.8. The number of furan rings is 1. The Hall–Kier alpha value is -4.32. The number of benzene rings is 3. The molecule has 0 saturated heterocycles. The molecular formula is C34H37NO5. The van der Waals surface area contributed by atoms with Gasteiger partial charge in [-0.15, -0.1) is 0 Å². The number of hydrogen-bond acceptors (Lipinski definition) is 5. The summed E-state index contributed by atoms with van der Waals surface area (Å²) in [6.07, 6.45) is 4.15. The van der Waals surface area contributed by atoms with Crippen molar-refractivity contribution in [3.63, 3.8) is 0 Å². The van der Waals surface area contributed by atoms with Gasteiger partial charge in [0.15, 0.2) is 0 Å². The van der Waals surface area contributed by atoms with Crippen LogP contribution in [0.4, 0.5) is 4.79 Å². The molecule has 1 fully saturated rings. The summed E-state index contributed by atoms with van der Waals surface area (Å²) in [7, 11) is 1.54. The van der Waals surface area contributed by atoms with E-state index in [2.05, 4.69) is 51.2 Å². The minimum atomic E-state index is -0.452. The quantitative estimate of drug-likeness (QED) is 0.192. The van der Waals surface area contributed by atoms with Crippen molar-refractivity contribution >= 4 is 22.8 Å². The predicted molar refractivity (Wildman–Crippen MR) is 157 cm³/mol. The molecule has 0 bridgehead atoms. The second-order valence-electron chi connectivity index (χ2n) is 10.9. The lowest BCUT2D eigenvalue weighted by molar-refractivity contribution is -0.147. The minimum Gasteiger partial charge on any atom is -0.469 e. The van der Waals surface area contributed by atoms with Crippen molar-refractivity contribution in [2.24, 2.45) is 17.3 Å². The summed E-state index contributed by atoms with van der Waals surface area (Å²) < 4.78 is 16.3. The number of fused-ring (bicyclic) bond motifs is 1. The molecule has 1 aliphatic carbocycles. The van der Waals surface area contributed by atoms with E-state index in [-0.39, 0.29) is 29.8 Å². The predicted octanol–water partition coefficient (Wildman–Crippen LogP) is 7.71. The number of hydrogen-bond donors (Lipinski definition) is 1. The normalized spacial score (nSPS) is 16.7. The lowest BCUT2D eigenvalue weighted by atomic mass is 10.1. The largest absolute Gasteiger partial charge is 0.469 e. The molecular weight excluding hydrogens is 502 g/mol. The molecule has 1 aromatic heterocycles. The first kappa shape index (κ1) is 28.7. The Morgan fingerprint density at radius 1 is 0.950 bits per heavy atom. The van der Waals surface area contributed by atoms with Gasteiger partial charge in [0.1, 0.15) is 18.1 Å². The van der Waals surface area contributed by atoms with Gasteiger partial charge in [0.05, 0.1) is 12.2 Å². The Morgan fingerprint density at radius 2 is 1.65 bits per heavy atom. The van der Waals surface area contributed by atoms with Crippen molar-refractivity contribution in [2.45, 2.75) is 40.7 Å². The number of amides is 1. The van der Waals surface area contributed by atoms with Gasteiger partial charge in [-0.25, -0.2) is 4.79 Å². The average molecular weight is 540 g/mol. The second-order valence-corrected chi connectivity index (χ2v) is 10.9. The maximum absolute atomic E-state index is 12.4. The topological polar surface area (TPSA) is 77.8 Å². The van der Waals surface area contributed by atoms with Gasteiger partial charge >= 0.3 is 12.1 Å². The first-order chi connectivity index (χ1) is 19.2. The van der Waals surface area contributed by atoms with E-state index in [0.717, 1.165) is 28.5 Å². The van der Waals surface area contributed by atoms with Crippen LogP contribution in [0.25, 0.3) is 10.8 Å². The summed E-state index contributed by atoms with van der Waals surface area (Å²) in [5.41, 5.74) is 3.33.